The Balaban J connectivity index is 1.61. The standard InChI is InChI=1S/C17H21ClN2O/c1-11(12-5-6-12)10-20-15(13-3-2-4-14(18)9-13)19-17(7-8-17)16(20)21/h2-4,9,11-12,15,19H,5-8,10H2,1H3. The third-order valence-electron chi connectivity index (χ3n) is 5.22. The fourth-order valence-electron chi connectivity index (χ4n) is 3.53. The highest BCUT2D eigenvalue weighted by Gasteiger charge is 2.59. The van der Waals surface area contributed by atoms with Gasteiger partial charge in [0.25, 0.3) is 0 Å². The third kappa shape index (κ3) is 2.36. The summed E-state index contributed by atoms with van der Waals surface area (Å²) in [5.74, 6) is 1.69. The molecule has 1 aromatic rings. The maximum atomic E-state index is 12.8. The van der Waals surface area contributed by atoms with E-state index in [1.165, 1.54) is 12.8 Å². The molecule has 4 heteroatoms. The Kier molecular flexibility index (Phi) is 3.05. The van der Waals surface area contributed by atoms with Crippen LogP contribution in [-0.2, 0) is 4.79 Å². The molecule has 1 amide bonds. The van der Waals surface area contributed by atoms with E-state index in [0.717, 1.165) is 35.9 Å². The summed E-state index contributed by atoms with van der Waals surface area (Å²) in [5.41, 5.74) is 0.832. The number of carbonyl (C=O) groups is 1. The molecule has 3 aliphatic rings. The first-order valence-electron chi connectivity index (χ1n) is 7.93. The average molecular weight is 305 g/mol. The molecule has 112 valence electrons. The van der Waals surface area contributed by atoms with E-state index in [2.05, 4.69) is 23.2 Å². The van der Waals surface area contributed by atoms with E-state index in [-0.39, 0.29) is 11.7 Å². The Hall–Kier alpha value is -1.06. The zero-order valence-electron chi connectivity index (χ0n) is 12.3. The second-order valence-electron chi connectivity index (χ2n) is 6.96. The summed E-state index contributed by atoms with van der Waals surface area (Å²) in [6.07, 6.45) is 4.57. The number of benzene rings is 1. The molecule has 0 aromatic heterocycles. The van der Waals surface area contributed by atoms with Crippen molar-refractivity contribution in [3.63, 3.8) is 0 Å². The lowest BCUT2D eigenvalue weighted by atomic mass is 10.0. The molecule has 1 aromatic carbocycles. The van der Waals surface area contributed by atoms with Crippen LogP contribution in [0.25, 0.3) is 0 Å². The molecule has 2 saturated carbocycles. The highest BCUT2D eigenvalue weighted by Crippen LogP contribution is 2.47. The Labute approximate surface area is 130 Å². The Morgan fingerprint density at radius 2 is 2.19 bits per heavy atom. The van der Waals surface area contributed by atoms with Gasteiger partial charge < -0.3 is 4.90 Å². The number of carbonyl (C=O) groups excluding carboxylic acids is 1. The molecule has 21 heavy (non-hydrogen) atoms. The van der Waals surface area contributed by atoms with Gasteiger partial charge in [-0.3, -0.25) is 10.1 Å². The summed E-state index contributed by atoms with van der Waals surface area (Å²) >= 11 is 6.13. The van der Waals surface area contributed by atoms with Crippen LogP contribution in [0.2, 0.25) is 5.02 Å². The molecule has 2 unspecified atom stereocenters. The van der Waals surface area contributed by atoms with Crippen molar-refractivity contribution in [3.8, 4) is 0 Å². The van der Waals surface area contributed by atoms with Crippen LogP contribution in [0.5, 0.6) is 0 Å². The van der Waals surface area contributed by atoms with E-state index in [9.17, 15) is 4.79 Å². The van der Waals surface area contributed by atoms with Crippen molar-refractivity contribution in [3.05, 3.63) is 34.9 Å². The van der Waals surface area contributed by atoms with Crippen molar-refractivity contribution in [1.29, 1.82) is 0 Å². The largest absolute Gasteiger partial charge is 0.321 e. The predicted molar refractivity (Wildman–Crippen MR) is 82.9 cm³/mol. The van der Waals surface area contributed by atoms with Gasteiger partial charge >= 0.3 is 0 Å². The maximum absolute atomic E-state index is 12.8. The van der Waals surface area contributed by atoms with Crippen molar-refractivity contribution in [2.75, 3.05) is 6.54 Å². The molecule has 1 N–H and O–H groups in total. The fourth-order valence-corrected chi connectivity index (χ4v) is 3.73. The van der Waals surface area contributed by atoms with E-state index < -0.39 is 0 Å². The van der Waals surface area contributed by atoms with Crippen molar-refractivity contribution in [1.82, 2.24) is 10.2 Å². The lowest BCUT2D eigenvalue weighted by molar-refractivity contribution is -0.131. The summed E-state index contributed by atoms with van der Waals surface area (Å²) in [5, 5.41) is 4.30. The van der Waals surface area contributed by atoms with Gasteiger partial charge in [0.2, 0.25) is 5.91 Å². The smallest absolute Gasteiger partial charge is 0.244 e. The molecule has 1 aliphatic heterocycles. The number of hydrogen-bond acceptors (Lipinski definition) is 2. The van der Waals surface area contributed by atoms with Gasteiger partial charge in [0.15, 0.2) is 0 Å². The van der Waals surface area contributed by atoms with E-state index in [1.54, 1.807) is 0 Å². The summed E-state index contributed by atoms with van der Waals surface area (Å²) in [4.78, 5) is 14.8. The van der Waals surface area contributed by atoms with E-state index in [4.69, 9.17) is 11.6 Å². The molecular formula is C17H21ClN2O. The van der Waals surface area contributed by atoms with Crippen LogP contribution in [0.3, 0.4) is 0 Å². The fraction of sp³-hybridized carbons (Fsp3) is 0.588. The van der Waals surface area contributed by atoms with Crippen LogP contribution in [0.15, 0.2) is 24.3 Å². The van der Waals surface area contributed by atoms with Crippen molar-refractivity contribution in [2.24, 2.45) is 11.8 Å². The van der Waals surface area contributed by atoms with Crippen molar-refractivity contribution < 1.29 is 4.79 Å². The van der Waals surface area contributed by atoms with Crippen LogP contribution < -0.4 is 5.32 Å². The normalized spacial score (nSPS) is 28.2. The van der Waals surface area contributed by atoms with Gasteiger partial charge in [0.1, 0.15) is 11.7 Å². The van der Waals surface area contributed by atoms with Gasteiger partial charge in [-0.1, -0.05) is 30.7 Å². The van der Waals surface area contributed by atoms with Gasteiger partial charge in [-0.25, -0.2) is 0 Å². The number of hydrogen-bond donors (Lipinski definition) is 1. The molecule has 2 aliphatic carbocycles. The summed E-state index contributed by atoms with van der Waals surface area (Å²) in [6, 6.07) is 7.88. The molecule has 1 heterocycles. The van der Waals surface area contributed by atoms with Gasteiger partial charge in [-0.15, -0.1) is 0 Å². The Bertz CT molecular complexity index is 580. The van der Waals surface area contributed by atoms with Gasteiger partial charge in [-0.05, 0) is 55.2 Å². The molecule has 3 fully saturated rings. The zero-order chi connectivity index (χ0) is 14.6. The van der Waals surface area contributed by atoms with Crippen molar-refractivity contribution >= 4 is 17.5 Å². The lowest BCUT2D eigenvalue weighted by Crippen LogP contribution is -2.35. The van der Waals surface area contributed by atoms with Crippen molar-refractivity contribution in [2.45, 2.75) is 44.3 Å². The molecule has 1 spiro atoms. The summed E-state index contributed by atoms with van der Waals surface area (Å²) in [6.45, 7) is 3.13. The molecule has 0 radical (unpaired) electrons. The summed E-state index contributed by atoms with van der Waals surface area (Å²) < 4.78 is 0. The number of nitrogens with zero attached hydrogens (tertiary/aromatic N) is 1. The topological polar surface area (TPSA) is 32.3 Å². The van der Waals surface area contributed by atoms with Gasteiger partial charge in [0, 0.05) is 11.6 Å². The minimum absolute atomic E-state index is 0.0140. The average Bonchev–Trinajstić information content (AvgIpc) is 3.35. The highest BCUT2D eigenvalue weighted by atomic mass is 35.5. The van der Waals surface area contributed by atoms with E-state index in [1.807, 2.05) is 18.2 Å². The Morgan fingerprint density at radius 1 is 1.43 bits per heavy atom. The molecule has 4 rings (SSSR count). The number of amides is 1. The Morgan fingerprint density at radius 3 is 2.81 bits per heavy atom. The lowest BCUT2D eigenvalue weighted by Gasteiger charge is -2.27. The highest BCUT2D eigenvalue weighted by molar-refractivity contribution is 6.30. The molecule has 1 saturated heterocycles. The van der Waals surface area contributed by atoms with Crippen LogP contribution >= 0.6 is 11.6 Å². The van der Waals surface area contributed by atoms with E-state index >= 15 is 0 Å². The minimum atomic E-state index is -0.268. The maximum Gasteiger partial charge on any atom is 0.244 e. The summed E-state index contributed by atoms with van der Waals surface area (Å²) in [7, 11) is 0. The number of halogens is 1. The minimum Gasteiger partial charge on any atom is -0.321 e. The SMILES string of the molecule is CC(CN1C(=O)C2(CC2)NC1c1cccc(Cl)c1)C1CC1. The second-order valence-corrected chi connectivity index (χ2v) is 7.39. The number of nitrogens with one attached hydrogen (secondary N) is 1. The first-order valence-corrected chi connectivity index (χ1v) is 8.31. The third-order valence-corrected chi connectivity index (χ3v) is 5.46. The first-order chi connectivity index (χ1) is 10.1. The predicted octanol–water partition coefficient (Wildman–Crippen LogP) is 3.35. The van der Waals surface area contributed by atoms with Crippen LogP contribution in [-0.4, -0.2) is 22.9 Å². The quantitative estimate of drug-likeness (QED) is 0.925. The van der Waals surface area contributed by atoms with Gasteiger partial charge in [0.05, 0.1) is 0 Å². The van der Waals surface area contributed by atoms with Crippen LogP contribution in [0.4, 0.5) is 0 Å². The monoisotopic (exact) mass is 304 g/mol. The van der Waals surface area contributed by atoms with Crippen LogP contribution in [0.1, 0.15) is 44.3 Å². The van der Waals surface area contributed by atoms with Gasteiger partial charge in [-0.2, -0.15) is 0 Å². The zero-order valence-corrected chi connectivity index (χ0v) is 13.1. The molecular weight excluding hydrogens is 284 g/mol. The molecule has 0 bridgehead atoms. The first kappa shape index (κ1) is 13.6. The van der Waals surface area contributed by atoms with E-state index in [0.29, 0.717) is 11.8 Å². The second kappa shape index (κ2) is 4.72. The molecule has 3 nitrogen and oxygen atoms in total. The van der Waals surface area contributed by atoms with Crippen LogP contribution in [0, 0.1) is 11.8 Å². The molecule has 2 atom stereocenters. The number of rotatable bonds is 4.